The molecule has 0 heterocycles. The molecule has 0 aliphatic carbocycles. The molecular weight excluding hydrogens is 138 g/mol. The number of hydrogen-bond donors (Lipinski definition) is 3. The minimum Gasteiger partial charge on any atom is -0.466 e. The van der Waals surface area contributed by atoms with Gasteiger partial charge in [0.15, 0.2) is 0 Å². The normalized spacial score (nSPS) is 7.60. The Morgan fingerprint density at radius 1 is 1.70 bits per heavy atom. The van der Waals surface area contributed by atoms with Gasteiger partial charge in [0, 0.05) is 6.92 Å². The average Bonchev–Trinajstić information content (AvgIpc) is 1.89. The Balaban J connectivity index is 0. The van der Waals surface area contributed by atoms with Crippen molar-refractivity contribution in [1.82, 2.24) is 5.48 Å². The maximum absolute atomic E-state index is 9.82. The van der Waals surface area contributed by atoms with Crippen LogP contribution < -0.4 is 5.48 Å². The first-order valence-electron chi connectivity index (χ1n) is 2.80. The molecular formula is C5H13NO4. The number of carbonyl (C=O) groups is 1. The number of aliphatic hydroxyl groups excluding tert-OH is 1. The molecule has 0 aliphatic rings. The molecule has 0 bridgehead atoms. The largest absolute Gasteiger partial charge is 0.466 e. The zero-order valence-electron chi connectivity index (χ0n) is 6.13. The molecule has 0 aliphatic heterocycles. The molecule has 0 aromatic rings. The Morgan fingerprint density at radius 3 is 2.10 bits per heavy atom. The van der Waals surface area contributed by atoms with Crippen LogP contribution in [0.3, 0.4) is 0 Å². The van der Waals surface area contributed by atoms with Crippen molar-refractivity contribution in [2.24, 2.45) is 0 Å². The summed E-state index contributed by atoms with van der Waals surface area (Å²) in [6.07, 6.45) is 0. The number of hydrogen-bond acceptors (Lipinski definition) is 5. The summed E-state index contributed by atoms with van der Waals surface area (Å²) >= 11 is 0. The number of aliphatic hydroxyl groups is 1. The standard InChI is InChI=1S/C4H8O2.CH5NO2/c1-3-6-4(2)5;3-1-2-4/h3H2,1-2H3;2-4H,1H2. The van der Waals surface area contributed by atoms with Crippen LogP contribution in [0.15, 0.2) is 0 Å². The van der Waals surface area contributed by atoms with E-state index >= 15 is 0 Å². The second kappa shape index (κ2) is 11.2. The van der Waals surface area contributed by atoms with Crippen LogP contribution in [-0.4, -0.2) is 29.6 Å². The molecule has 62 valence electrons. The van der Waals surface area contributed by atoms with Crippen LogP contribution in [0.25, 0.3) is 0 Å². The van der Waals surface area contributed by atoms with Crippen LogP contribution in [0.1, 0.15) is 13.8 Å². The molecule has 10 heavy (non-hydrogen) atoms. The molecule has 5 heteroatoms. The van der Waals surface area contributed by atoms with Gasteiger partial charge in [-0.15, -0.1) is 0 Å². The summed E-state index contributed by atoms with van der Waals surface area (Å²) in [5.41, 5.74) is 1.49. The van der Waals surface area contributed by atoms with E-state index in [0.29, 0.717) is 6.61 Å². The summed E-state index contributed by atoms with van der Waals surface area (Å²) in [4.78, 5) is 9.82. The molecule has 0 fully saturated rings. The number of rotatable bonds is 2. The second-order valence-corrected chi connectivity index (χ2v) is 1.24. The predicted octanol–water partition coefficient (Wildman–Crippen LogP) is -0.516. The van der Waals surface area contributed by atoms with Gasteiger partial charge in [0.05, 0.1) is 6.61 Å². The highest BCUT2D eigenvalue weighted by Gasteiger charge is 1.81. The summed E-state index contributed by atoms with van der Waals surface area (Å²) in [6.45, 7) is 3.28. The third-order valence-electron chi connectivity index (χ3n) is 0.418. The van der Waals surface area contributed by atoms with Crippen LogP contribution >= 0.6 is 0 Å². The van der Waals surface area contributed by atoms with Gasteiger partial charge in [-0.25, -0.2) is 0 Å². The van der Waals surface area contributed by atoms with Crippen molar-refractivity contribution in [2.45, 2.75) is 13.8 Å². The van der Waals surface area contributed by atoms with E-state index in [1.165, 1.54) is 12.4 Å². The number of esters is 1. The maximum atomic E-state index is 9.82. The SMILES string of the molecule is CCOC(C)=O.OCNO. The van der Waals surface area contributed by atoms with Crippen molar-refractivity contribution >= 4 is 5.97 Å². The highest BCUT2D eigenvalue weighted by molar-refractivity contribution is 5.65. The molecule has 0 radical (unpaired) electrons. The summed E-state index contributed by atoms with van der Waals surface area (Å²) in [7, 11) is 0. The van der Waals surface area contributed by atoms with Gasteiger partial charge in [-0.3, -0.25) is 4.79 Å². The highest BCUT2D eigenvalue weighted by Crippen LogP contribution is 1.69. The van der Waals surface area contributed by atoms with Crippen LogP contribution in [0.5, 0.6) is 0 Å². The summed E-state index contributed by atoms with van der Waals surface area (Å²) < 4.78 is 4.40. The monoisotopic (exact) mass is 151 g/mol. The Hall–Kier alpha value is -0.650. The van der Waals surface area contributed by atoms with Gasteiger partial charge in [0.2, 0.25) is 0 Å². The zero-order chi connectivity index (χ0) is 8.41. The van der Waals surface area contributed by atoms with Crippen molar-refractivity contribution in [3.63, 3.8) is 0 Å². The molecule has 0 amide bonds. The summed E-state index contributed by atoms with van der Waals surface area (Å²) in [5, 5.41) is 14.9. The Bertz CT molecular complexity index is 74.0. The molecule has 0 aromatic carbocycles. The fraction of sp³-hybridized carbons (Fsp3) is 0.800. The molecule has 0 unspecified atom stereocenters. The average molecular weight is 151 g/mol. The van der Waals surface area contributed by atoms with Gasteiger partial charge in [-0.2, -0.15) is 5.48 Å². The summed E-state index contributed by atoms with van der Waals surface area (Å²) in [5.74, 6) is -0.211. The van der Waals surface area contributed by atoms with Gasteiger partial charge in [-0.05, 0) is 6.92 Å². The van der Waals surface area contributed by atoms with Gasteiger partial charge in [0.25, 0.3) is 0 Å². The molecule has 0 saturated carbocycles. The molecule has 0 saturated heterocycles. The molecule has 0 aromatic heterocycles. The van der Waals surface area contributed by atoms with Crippen LogP contribution in [0.4, 0.5) is 0 Å². The van der Waals surface area contributed by atoms with Crippen molar-refractivity contribution in [3.05, 3.63) is 0 Å². The number of hydroxylamine groups is 1. The van der Waals surface area contributed by atoms with Crippen molar-refractivity contribution < 1.29 is 19.8 Å². The second-order valence-electron chi connectivity index (χ2n) is 1.24. The first-order valence-corrected chi connectivity index (χ1v) is 2.80. The van der Waals surface area contributed by atoms with Crippen molar-refractivity contribution in [3.8, 4) is 0 Å². The number of carbonyl (C=O) groups excluding carboxylic acids is 1. The first kappa shape index (κ1) is 12.1. The van der Waals surface area contributed by atoms with E-state index in [1.54, 1.807) is 6.92 Å². The van der Waals surface area contributed by atoms with Crippen LogP contribution in [0, 0.1) is 0 Å². The summed E-state index contributed by atoms with van der Waals surface area (Å²) in [6, 6.07) is 0. The van der Waals surface area contributed by atoms with E-state index in [9.17, 15) is 4.79 Å². The van der Waals surface area contributed by atoms with E-state index in [2.05, 4.69) is 4.74 Å². The Morgan fingerprint density at radius 2 is 2.10 bits per heavy atom. The third kappa shape index (κ3) is 26.4. The fourth-order valence-electron chi connectivity index (χ4n) is 0.203. The lowest BCUT2D eigenvalue weighted by atomic mass is 10.8. The molecule has 0 rings (SSSR count). The minimum absolute atomic E-state index is 0.211. The molecule has 0 atom stereocenters. The molecule has 0 spiro atoms. The lowest BCUT2D eigenvalue weighted by molar-refractivity contribution is -0.140. The fourth-order valence-corrected chi connectivity index (χ4v) is 0.203. The van der Waals surface area contributed by atoms with Crippen molar-refractivity contribution in [1.29, 1.82) is 0 Å². The quantitative estimate of drug-likeness (QED) is 0.281. The van der Waals surface area contributed by atoms with E-state index in [4.69, 9.17) is 10.3 Å². The zero-order valence-corrected chi connectivity index (χ0v) is 6.13. The lowest BCUT2D eigenvalue weighted by Gasteiger charge is -1.89. The van der Waals surface area contributed by atoms with Crippen molar-refractivity contribution in [2.75, 3.05) is 13.3 Å². The number of nitrogens with one attached hydrogen (secondary N) is 1. The predicted molar refractivity (Wildman–Crippen MR) is 34.3 cm³/mol. The molecule has 5 nitrogen and oxygen atoms in total. The van der Waals surface area contributed by atoms with E-state index in [-0.39, 0.29) is 12.7 Å². The topological polar surface area (TPSA) is 78.8 Å². The smallest absolute Gasteiger partial charge is 0.302 e. The van der Waals surface area contributed by atoms with Gasteiger partial charge in [0.1, 0.15) is 6.73 Å². The van der Waals surface area contributed by atoms with Gasteiger partial charge < -0.3 is 15.1 Å². The van der Waals surface area contributed by atoms with E-state index in [1.807, 2.05) is 0 Å². The third-order valence-corrected chi connectivity index (χ3v) is 0.418. The number of ether oxygens (including phenoxy) is 1. The van der Waals surface area contributed by atoms with E-state index < -0.39 is 0 Å². The van der Waals surface area contributed by atoms with E-state index in [0.717, 1.165) is 0 Å². The van der Waals surface area contributed by atoms with Crippen LogP contribution in [0.2, 0.25) is 0 Å². The maximum Gasteiger partial charge on any atom is 0.302 e. The lowest BCUT2D eigenvalue weighted by Crippen LogP contribution is -2.05. The first-order chi connectivity index (χ1) is 4.68. The Labute approximate surface area is 59.6 Å². The highest BCUT2D eigenvalue weighted by atomic mass is 16.5. The Kier molecular flexibility index (Phi) is 13.5. The van der Waals surface area contributed by atoms with Gasteiger partial charge >= 0.3 is 5.97 Å². The minimum atomic E-state index is -0.375. The van der Waals surface area contributed by atoms with Gasteiger partial charge in [-0.1, -0.05) is 0 Å². The molecule has 3 N–H and O–H groups in total. The van der Waals surface area contributed by atoms with Crippen LogP contribution in [-0.2, 0) is 9.53 Å².